The molecule has 1 heterocycles. The van der Waals surface area contributed by atoms with E-state index < -0.39 is 5.60 Å². The third kappa shape index (κ3) is 7.74. The number of piperazine rings is 1. The molecule has 0 radical (unpaired) electrons. The van der Waals surface area contributed by atoms with E-state index in [2.05, 4.69) is 30.9 Å². The molecular weight excluding hydrogens is 509 g/mol. The smallest absolute Gasteiger partial charge is 0.410 e. The van der Waals surface area contributed by atoms with Crippen molar-refractivity contribution in [3.63, 3.8) is 0 Å². The lowest BCUT2D eigenvalue weighted by molar-refractivity contribution is -0.123. The van der Waals surface area contributed by atoms with Crippen molar-refractivity contribution in [2.24, 2.45) is 5.92 Å². The molecule has 8 heteroatoms. The van der Waals surface area contributed by atoms with E-state index in [0.717, 1.165) is 56.6 Å². The third-order valence-corrected chi connectivity index (χ3v) is 7.92. The molecule has 0 bridgehead atoms. The topological polar surface area (TPSA) is 62.3 Å². The number of hydrogen-bond donors (Lipinski definition) is 0. The zero-order chi connectivity index (χ0) is 29.0. The first-order valence-corrected chi connectivity index (χ1v) is 14.4. The maximum absolute atomic E-state index is 13.3. The van der Waals surface area contributed by atoms with Gasteiger partial charge in [-0.3, -0.25) is 9.69 Å². The summed E-state index contributed by atoms with van der Waals surface area (Å²) in [5.41, 5.74) is 2.77. The number of nitrogens with zero attached hydrogens (tertiary/aromatic N) is 3. The molecule has 1 atom stereocenters. The molecule has 2 aromatic carbocycles. The van der Waals surface area contributed by atoms with Crippen LogP contribution in [0.1, 0.15) is 64.5 Å². The standard InChI is InChI=1S/C32H44FN3O4/c1-22-19-27(12-7-25(22)21-35-17-18-36(23(2)20-35)31(38)40-32(3,4)5)34(6)30(37)24-8-13-28(14-9-24)39-29-15-10-26(33)11-16-29/h7,10-12,15-16,19,23-24,28H,8-9,13-14,17-18,20-21H2,1-6H3/t23-,24?,28?/m0/s1. The van der Waals surface area contributed by atoms with Crippen LogP contribution in [0.4, 0.5) is 14.9 Å². The summed E-state index contributed by atoms with van der Waals surface area (Å²) >= 11 is 0. The molecule has 0 unspecified atom stereocenters. The highest BCUT2D eigenvalue weighted by Gasteiger charge is 2.32. The van der Waals surface area contributed by atoms with Crippen LogP contribution in [0.15, 0.2) is 42.5 Å². The number of aryl methyl sites for hydroxylation is 1. The average molecular weight is 554 g/mol. The molecule has 2 amide bonds. The molecule has 1 saturated heterocycles. The largest absolute Gasteiger partial charge is 0.490 e. The van der Waals surface area contributed by atoms with Crippen LogP contribution in [0, 0.1) is 18.7 Å². The molecule has 0 N–H and O–H groups in total. The van der Waals surface area contributed by atoms with Crippen molar-refractivity contribution in [3.8, 4) is 5.75 Å². The number of amides is 2. The molecule has 4 rings (SSSR count). The van der Waals surface area contributed by atoms with Crippen molar-refractivity contribution in [1.82, 2.24) is 9.80 Å². The molecule has 0 aromatic heterocycles. The van der Waals surface area contributed by atoms with Gasteiger partial charge in [-0.15, -0.1) is 0 Å². The van der Waals surface area contributed by atoms with Crippen LogP contribution in [0.25, 0.3) is 0 Å². The summed E-state index contributed by atoms with van der Waals surface area (Å²) in [6, 6.07) is 12.4. The molecule has 2 aliphatic rings. The fourth-order valence-electron chi connectivity index (χ4n) is 5.61. The molecule has 0 spiro atoms. The van der Waals surface area contributed by atoms with Gasteiger partial charge < -0.3 is 19.3 Å². The van der Waals surface area contributed by atoms with Gasteiger partial charge in [0.15, 0.2) is 0 Å². The van der Waals surface area contributed by atoms with Gasteiger partial charge >= 0.3 is 6.09 Å². The first-order chi connectivity index (χ1) is 18.9. The van der Waals surface area contributed by atoms with E-state index >= 15 is 0 Å². The van der Waals surface area contributed by atoms with E-state index in [-0.39, 0.29) is 35.9 Å². The molecule has 218 valence electrons. The van der Waals surface area contributed by atoms with Gasteiger partial charge in [0.25, 0.3) is 0 Å². The van der Waals surface area contributed by atoms with Gasteiger partial charge in [-0.05, 0) is 108 Å². The van der Waals surface area contributed by atoms with Gasteiger partial charge in [0.2, 0.25) is 5.91 Å². The minimum Gasteiger partial charge on any atom is -0.490 e. The lowest BCUT2D eigenvalue weighted by atomic mass is 9.86. The molecular formula is C32H44FN3O4. The van der Waals surface area contributed by atoms with Crippen LogP contribution in [-0.4, -0.2) is 66.2 Å². The fourth-order valence-corrected chi connectivity index (χ4v) is 5.61. The Bertz CT molecular complexity index is 1170. The summed E-state index contributed by atoms with van der Waals surface area (Å²) in [6.07, 6.45) is 2.97. The number of hydrogen-bond acceptors (Lipinski definition) is 5. The summed E-state index contributed by atoms with van der Waals surface area (Å²) < 4.78 is 24.7. The number of rotatable bonds is 6. The Morgan fingerprint density at radius 3 is 2.30 bits per heavy atom. The molecule has 1 aliphatic heterocycles. The minimum atomic E-state index is -0.500. The number of ether oxygens (including phenoxy) is 2. The molecule has 1 saturated carbocycles. The highest BCUT2D eigenvalue weighted by atomic mass is 19.1. The number of carbonyl (C=O) groups is 2. The number of benzene rings is 2. The van der Waals surface area contributed by atoms with Gasteiger partial charge in [-0.2, -0.15) is 0 Å². The lowest BCUT2D eigenvalue weighted by Crippen LogP contribution is -2.54. The zero-order valence-electron chi connectivity index (χ0n) is 24.8. The second-order valence-electron chi connectivity index (χ2n) is 12.3. The number of carbonyl (C=O) groups excluding carboxylic acids is 2. The van der Waals surface area contributed by atoms with Crippen molar-refractivity contribution < 1.29 is 23.5 Å². The van der Waals surface area contributed by atoms with Gasteiger partial charge in [-0.25, -0.2) is 9.18 Å². The Labute approximate surface area is 238 Å². The normalized spacial score (nSPS) is 22.1. The molecule has 2 aromatic rings. The van der Waals surface area contributed by atoms with E-state index in [1.807, 2.05) is 38.8 Å². The second-order valence-corrected chi connectivity index (χ2v) is 12.3. The Morgan fingerprint density at radius 2 is 1.70 bits per heavy atom. The SMILES string of the molecule is Cc1cc(N(C)C(=O)C2CCC(Oc3ccc(F)cc3)CC2)ccc1CN1CCN(C(=O)OC(C)(C)C)[C@@H](C)C1. The summed E-state index contributed by atoms with van der Waals surface area (Å²) in [5, 5.41) is 0. The number of halogens is 1. The minimum absolute atomic E-state index is 0.0270. The van der Waals surface area contributed by atoms with Crippen LogP contribution >= 0.6 is 0 Å². The summed E-state index contributed by atoms with van der Waals surface area (Å²) in [5.74, 6) is 0.504. The van der Waals surface area contributed by atoms with E-state index in [1.54, 1.807) is 17.0 Å². The molecule has 1 aliphatic carbocycles. The quantitative estimate of drug-likeness (QED) is 0.428. The van der Waals surface area contributed by atoms with Crippen molar-refractivity contribution >= 4 is 17.7 Å². The summed E-state index contributed by atoms with van der Waals surface area (Å²) in [6.45, 7) is 12.8. The molecule has 40 heavy (non-hydrogen) atoms. The van der Waals surface area contributed by atoms with Gasteiger partial charge in [0.1, 0.15) is 17.2 Å². The number of anilines is 1. The Balaban J connectivity index is 1.28. The summed E-state index contributed by atoms with van der Waals surface area (Å²) in [4.78, 5) is 31.8. The highest BCUT2D eigenvalue weighted by Crippen LogP contribution is 2.31. The predicted octanol–water partition coefficient (Wildman–Crippen LogP) is 6.18. The highest BCUT2D eigenvalue weighted by molar-refractivity contribution is 5.94. The Hall–Kier alpha value is -3.13. The fraction of sp³-hybridized carbons (Fsp3) is 0.562. The van der Waals surface area contributed by atoms with Crippen LogP contribution in [-0.2, 0) is 16.1 Å². The first kappa shape index (κ1) is 29.8. The zero-order valence-corrected chi connectivity index (χ0v) is 24.8. The Kier molecular flexibility index (Phi) is 9.39. The molecule has 7 nitrogen and oxygen atoms in total. The first-order valence-electron chi connectivity index (χ1n) is 14.4. The third-order valence-electron chi connectivity index (χ3n) is 7.92. The second kappa shape index (κ2) is 12.6. The molecule has 2 fully saturated rings. The van der Waals surface area contributed by atoms with E-state index in [1.165, 1.54) is 17.7 Å². The van der Waals surface area contributed by atoms with Crippen LogP contribution in [0.3, 0.4) is 0 Å². The predicted molar refractivity (Wildman–Crippen MR) is 155 cm³/mol. The van der Waals surface area contributed by atoms with Crippen molar-refractivity contribution in [2.75, 3.05) is 31.6 Å². The van der Waals surface area contributed by atoms with Crippen molar-refractivity contribution in [2.45, 2.75) is 84.6 Å². The lowest BCUT2D eigenvalue weighted by Gasteiger charge is -2.40. The van der Waals surface area contributed by atoms with E-state index in [0.29, 0.717) is 12.3 Å². The monoisotopic (exact) mass is 553 g/mol. The van der Waals surface area contributed by atoms with Gasteiger partial charge in [-0.1, -0.05) is 6.07 Å². The van der Waals surface area contributed by atoms with Crippen molar-refractivity contribution in [1.29, 1.82) is 0 Å². The van der Waals surface area contributed by atoms with Crippen molar-refractivity contribution in [3.05, 3.63) is 59.4 Å². The summed E-state index contributed by atoms with van der Waals surface area (Å²) in [7, 11) is 1.86. The van der Waals surface area contributed by atoms with E-state index in [9.17, 15) is 14.0 Å². The van der Waals surface area contributed by atoms with E-state index in [4.69, 9.17) is 9.47 Å². The maximum atomic E-state index is 13.3. The Morgan fingerprint density at radius 1 is 1.02 bits per heavy atom. The van der Waals surface area contributed by atoms with Gasteiger partial charge in [0.05, 0.1) is 6.10 Å². The average Bonchev–Trinajstić information content (AvgIpc) is 2.90. The maximum Gasteiger partial charge on any atom is 0.410 e. The van der Waals surface area contributed by atoms with Crippen LogP contribution < -0.4 is 9.64 Å². The van der Waals surface area contributed by atoms with Crippen LogP contribution in [0.5, 0.6) is 5.75 Å². The van der Waals surface area contributed by atoms with Crippen LogP contribution in [0.2, 0.25) is 0 Å². The van der Waals surface area contributed by atoms with Gasteiger partial charge in [0, 0.05) is 50.9 Å².